The summed E-state index contributed by atoms with van der Waals surface area (Å²) in [7, 11) is 0. The molecule has 0 spiro atoms. The molecule has 0 bridgehead atoms. The Labute approximate surface area is 416 Å². The lowest BCUT2D eigenvalue weighted by Crippen LogP contribution is -2.61. The molecule has 1 aromatic heterocycles. The smallest absolute Gasteiger partial charge is 0.264 e. The van der Waals surface area contributed by atoms with Crippen LogP contribution in [0.2, 0.25) is 0 Å². The summed E-state index contributed by atoms with van der Waals surface area (Å²) in [4.78, 5) is 5.40. The van der Waals surface area contributed by atoms with Crippen LogP contribution in [0.3, 0.4) is 0 Å². The fourth-order valence-electron chi connectivity index (χ4n) is 13.0. The Morgan fingerprint density at radius 3 is 1.52 bits per heavy atom. The van der Waals surface area contributed by atoms with Crippen molar-refractivity contribution in [3.8, 4) is 11.1 Å². The Kier molecular flexibility index (Phi) is 9.11. The van der Waals surface area contributed by atoms with Gasteiger partial charge in [-0.05, 0) is 137 Å². The lowest BCUT2D eigenvalue weighted by molar-refractivity contribution is 0.522. The van der Waals surface area contributed by atoms with Crippen molar-refractivity contribution < 1.29 is 0 Å². The van der Waals surface area contributed by atoms with E-state index in [-0.39, 0.29) is 39.2 Å². The van der Waals surface area contributed by atoms with E-state index < -0.39 is 0 Å². The second kappa shape index (κ2) is 14.2. The summed E-state index contributed by atoms with van der Waals surface area (Å²) < 4.78 is 2.79. The van der Waals surface area contributed by atoms with Crippen LogP contribution in [0.15, 0.2) is 133 Å². The molecule has 0 unspecified atom stereocenters. The molecule has 0 amide bonds. The van der Waals surface area contributed by atoms with E-state index in [1.807, 2.05) is 11.3 Å². The van der Waals surface area contributed by atoms with Crippen LogP contribution in [0, 0.1) is 0 Å². The number of hydrogen-bond acceptors (Lipinski definition) is 3. The van der Waals surface area contributed by atoms with Crippen molar-refractivity contribution in [2.45, 2.75) is 136 Å². The lowest BCUT2D eigenvalue weighted by Gasteiger charge is -2.51. The molecule has 0 saturated carbocycles. The molecule has 8 aromatic rings. The number of anilines is 6. The number of fused-ring (bicyclic) bond motifs is 12. The van der Waals surface area contributed by atoms with Crippen LogP contribution in [0.1, 0.15) is 154 Å². The van der Waals surface area contributed by atoms with Crippen molar-refractivity contribution in [3.05, 3.63) is 184 Å². The first-order chi connectivity index (χ1) is 32.4. The van der Waals surface area contributed by atoms with Crippen LogP contribution in [0.5, 0.6) is 0 Å². The molecule has 0 fully saturated rings. The predicted molar refractivity (Wildman–Crippen MR) is 300 cm³/mol. The molecule has 69 heavy (non-hydrogen) atoms. The van der Waals surface area contributed by atoms with Crippen molar-refractivity contribution in [2.24, 2.45) is 0 Å². The third-order valence-electron chi connectivity index (χ3n) is 16.9. The zero-order chi connectivity index (χ0) is 48.7. The maximum atomic E-state index is 2.71. The van der Waals surface area contributed by atoms with Crippen molar-refractivity contribution in [1.82, 2.24) is 0 Å². The van der Waals surface area contributed by atoms with Crippen LogP contribution in [-0.2, 0) is 32.5 Å². The third-order valence-corrected chi connectivity index (χ3v) is 18.2. The van der Waals surface area contributed by atoms with Crippen LogP contribution in [-0.4, -0.2) is 6.71 Å². The zero-order valence-corrected chi connectivity index (χ0v) is 44.4. The fraction of sp³-hybridized carbons (Fsp3) is 0.323. The zero-order valence-electron chi connectivity index (χ0n) is 43.6. The monoisotopic (exact) mass is 919 g/mol. The quantitative estimate of drug-likeness (QED) is 0.159. The highest BCUT2D eigenvalue weighted by molar-refractivity contribution is 7.33. The highest BCUT2D eigenvalue weighted by atomic mass is 32.1. The van der Waals surface area contributed by atoms with Gasteiger partial charge >= 0.3 is 0 Å². The average molecular weight is 919 g/mol. The molecule has 3 heterocycles. The van der Waals surface area contributed by atoms with Gasteiger partial charge in [-0.25, -0.2) is 0 Å². The van der Waals surface area contributed by atoms with Crippen molar-refractivity contribution in [3.63, 3.8) is 0 Å². The van der Waals surface area contributed by atoms with E-state index in [2.05, 4.69) is 247 Å². The summed E-state index contributed by atoms with van der Waals surface area (Å²) >= 11 is 2.03. The largest absolute Gasteiger partial charge is 0.311 e. The highest BCUT2D eigenvalue weighted by Crippen LogP contribution is 2.59. The van der Waals surface area contributed by atoms with E-state index >= 15 is 0 Å². The second-order valence-electron chi connectivity index (χ2n) is 25.5. The first-order valence-electron chi connectivity index (χ1n) is 25.4. The van der Waals surface area contributed by atoms with Gasteiger partial charge < -0.3 is 9.80 Å². The maximum absolute atomic E-state index is 2.71. The Bertz CT molecular complexity index is 3470. The van der Waals surface area contributed by atoms with Gasteiger partial charge in [0, 0.05) is 59.5 Å². The molecule has 4 aliphatic rings. The highest BCUT2D eigenvalue weighted by Gasteiger charge is 2.52. The molecular formula is C65H67BN2S. The van der Waals surface area contributed by atoms with Crippen LogP contribution in [0.25, 0.3) is 21.2 Å². The van der Waals surface area contributed by atoms with E-state index in [0.29, 0.717) is 0 Å². The molecule has 12 rings (SSSR count). The average Bonchev–Trinajstić information content (AvgIpc) is 3.77. The standard InChI is InChI=1S/C65H67BN2S/c1-60(2,3)38-24-29-41(30-25-38)67-52-33-28-40(62(7,8)9)34-51(52)66-56-53(36-50-55(58(56)67)65(14,15)48-23-19-18-22-47(48)64(50,12)13)68(42-31-26-39(27-32-42)61(4,5)6)57-45-35-44-43-20-16-17-21-46(43)63(10,11)49(44)37-54(45)69-59(57)66/h16-37H,1-15H3. The Morgan fingerprint density at radius 1 is 0.435 bits per heavy atom. The van der Waals surface area contributed by atoms with Crippen molar-refractivity contribution in [2.75, 3.05) is 9.80 Å². The minimum Gasteiger partial charge on any atom is -0.311 e. The van der Waals surface area contributed by atoms with E-state index in [4.69, 9.17) is 0 Å². The minimum absolute atomic E-state index is 0.00594. The van der Waals surface area contributed by atoms with Gasteiger partial charge in [-0.1, -0.05) is 189 Å². The van der Waals surface area contributed by atoms with Crippen LogP contribution >= 0.6 is 11.3 Å². The van der Waals surface area contributed by atoms with Crippen molar-refractivity contribution >= 4 is 78.0 Å². The lowest BCUT2D eigenvalue weighted by atomic mass is 9.35. The first-order valence-corrected chi connectivity index (χ1v) is 26.2. The van der Waals surface area contributed by atoms with E-state index in [0.717, 1.165) is 0 Å². The molecule has 0 atom stereocenters. The summed E-state index contributed by atoms with van der Waals surface area (Å²) in [6.45, 7) is 35.8. The van der Waals surface area contributed by atoms with Gasteiger partial charge in [0.15, 0.2) is 0 Å². The first kappa shape index (κ1) is 44.4. The summed E-state index contributed by atoms with van der Waals surface area (Å²) in [5, 5.41) is 1.34. The van der Waals surface area contributed by atoms with Gasteiger partial charge in [-0.3, -0.25) is 0 Å². The molecule has 2 nitrogen and oxygen atoms in total. The number of hydrogen-bond donors (Lipinski definition) is 0. The molecule has 7 aromatic carbocycles. The van der Waals surface area contributed by atoms with Crippen LogP contribution in [0.4, 0.5) is 34.1 Å². The molecule has 2 aliphatic heterocycles. The summed E-state index contributed by atoms with van der Waals surface area (Å²) in [6, 6.07) is 52.9. The minimum atomic E-state index is -0.303. The number of nitrogens with zero attached hydrogens (tertiary/aromatic N) is 2. The normalized spacial score (nSPS) is 16.9. The van der Waals surface area contributed by atoms with Gasteiger partial charge in [0.2, 0.25) is 0 Å². The third kappa shape index (κ3) is 6.16. The topological polar surface area (TPSA) is 6.48 Å². The molecule has 0 saturated heterocycles. The van der Waals surface area contributed by atoms with E-state index in [9.17, 15) is 0 Å². The van der Waals surface area contributed by atoms with Gasteiger partial charge in [0.1, 0.15) is 0 Å². The van der Waals surface area contributed by atoms with Gasteiger partial charge in [-0.2, -0.15) is 0 Å². The van der Waals surface area contributed by atoms with E-state index in [1.54, 1.807) is 0 Å². The van der Waals surface area contributed by atoms with E-state index in [1.165, 1.54) is 121 Å². The Morgan fingerprint density at radius 2 is 0.942 bits per heavy atom. The molecule has 4 heteroatoms. The summed E-state index contributed by atoms with van der Waals surface area (Å²) in [5.74, 6) is 0. The fourth-order valence-corrected chi connectivity index (χ4v) is 14.3. The van der Waals surface area contributed by atoms with Crippen molar-refractivity contribution in [1.29, 1.82) is 0 Å². The Hall–Kier alpha value is -5.84. The molecule has 346 valence electrons. The molecule has 2 aliphatic carbocycles. The van der Waals surface area contributed by atoms with Gasteiger partial charge in [0.25, 0.3) is 6.71 Å². The summed E-state index contributed by atoms with van der Waals surface area (Å²) in [5.41, 5.74) is 25.1. The Balaban J connectivity index is 1.27. The SMILES string of the molecule is CC(C)(C)c1ccc(N2c3ccc(C(C)(C)C)cc3B3c4sc5cc6c(cc5c4N(c4ccc(C(C)(C)C)cc4)c4cc5c(c2c43)C(C)(C)c2ccccc2C5(C)C)-c2ccccc2C6(C)C)cc1. The summed E-state index contributed by atoms with van der Waals surface area (Å²) in [6.07, 6.45) is 0. The number of benzene rings is 7. The molecular weight excluding hydrogens is 852 g/mol. The number of rotatable bonds is 2. The molecule has 0 N–H and O–H groups in total. The predicted octanol–water partition coefficient (Wildman–Crippen LogP) is 16.1. The molecule has 0 radical (unpaired) electrons. The van der Waals surface area contributed by atoms with Gasteiger partial charge in [0.05, 0.1) is 5.69 Å². The van der Waals surface area contributed by atoms with Gasteiger partial charge in [-0.15, -0.1) is 11.3 Å². The second-order valence-corrected chi connectivity index (χ2v) is 26.6. The maximum Gasteiger partial charge on any atom is 0.264 e. The van der Waals surface area contributed by atoms with Crippen LogP contribution < -0.4 is 25.5 Å². The number of thiophene rings is 1.